The van der Waals surface area contributed by atoms with E-state index in [-0.39, 0.29) is 0 Å². The van der Waals surface area contributed by atoms with Crippen LogP contribution in [0.4, 0.5) is 0 Å². The van der Waals surface area contributed by atoms with Crippen LogP contribution in [0, 0.1) is 6.92 Å². The van der Waals surface area contributed by atoms with Gasteiger partial charge in [-0.25, -0.2) is 4.98 Å². The minimum absolute atomic E-state index is 0.906. The number of rotatable bonds is 5. The number of hydrogen-bond acceptors (Lipinski definition) is 2. The largest absolute Gasteiger partial charge is 0.313 e. The van der Waals surface area contributed by atoms with Gasteiger partial charge in [-0.05, 0) is 31.5 Å². The molecule has 0 fully saturated rings. The van der Waals surface area contributed by atoms with Crippen LogP contribution >= 0.6 is 0 Å². The Kier molecular flexibility index (Phi) is 3.94. The molecule has 0 amide bonds. The molecule has 2 rings (SSSR count). The van der Waals surface area contributed by atoms with E-state index in [0.717, 1.165) is 19.5 Å². The lowest BCUT2D eigenvalue weighted by Crippen LogP contribution is -2.15. The molecule has 90 valence electrons. The third-order valence-corrected chi connectivity index (χ3v) is 2.76. The van der Waals surface area contributed by atoms with E-state index in [9.17, 15) is 0 Å². The van der Waals surface area contributed by atoms with Gasteiger partial charge in [0, 0.05) is 18.9 Å². The van der Waals surface area contributed by atoms with E-state index in [1.54, 1.807) is 0 Å². The minimum Gasteiger partial charge on any atom is -0.313 e. The summed E-state index contributed by atoms with van der Waals surface area (Å²) in [5.74, 6) is 0. The third-order valence-electron chi connectivity index (χ3n) is 2.76. The summed E-state index contributed by atoms with van der Waals surface area (Å²) in [6, 6.07) is 6.52. The summed E-state index contributed by atoms with van der Waals surface area (Å²) in [5.41, 5.74) is 3.82. The molecule has 0 bridgehead atoms. The van der Waals surface area contributed by atoms with Crippen LogP contribution in [-0.2, 0) is 6.54 Å². The molecule has 1 aromatic heterocycles. The van der Waals surface area contributed by atoms with Crippen LogP contribution in [-0.4, -0.2) is 16.1 Å². The highest BCUT2D eigenvalue weighted by molar-refractivity contribution is 5.43. The van der Waals surface area contributed by atoms with Crippen molar-refractivity contribution in [2.75, 3.05) is 6.54 Å². The number of nitrogens with one attached hydrogen (secondary N) is 1. The van der Waals surface area contributed by atoms with E-state index in [0.29, 0.717) is 0 Å². The zero-order valence-corrected chi connectivity index (χ0v) is 10.5. The summed E-state index contributed by atoms with van der Waals surface area (Å²) in [6.07, 6.45) is 6.79. The van der Waals surface area contributed by atoms with Crippen molar-refractivity contribution in [3.8, 4) is 5.69 Å². The highest BCUT2D eigenvalue weighted by atomic mass is 15.0. The molecular weight excluding hydrogens is 210 g/mol. The number of aryl methyl sites for hydroxylation is 1. The highest BCUT2D eigenvalue weighted by Gasteiger charge is 2.04. The average molecular weight is 229 g/mol. The Balaban J connectivity index is 2.25. The predicted octanol–water partition coefficient (Wildman–Crippen LogP) is 2.68. The summed E-state index contributed by atoms with van der Waals surface area (Å²) < 4.78 is 2.06. The first-order valence-corrected chi connectivity index (χ1v) is 6.10. The Labute approximate surface area is 103 Å². The van der Waals surface area contributed by atoms with Gasteiger partial charge in [0.2, 0.25) is 0 Å². The minimum atomic E-state index is 0.906. The van der Waals surface area contributed by atoms with E-state index in [1.165, 1.54) is 16.8 Å². The Morgan fingerprint density at radius 1 is 1.35 bits per heavy atom. The molecule has 0 unspecified atom stereocenters. The van der Waals surface area contributed by atoms with E-state index >= 15 is 0 Å². The van der Waals surface area contributed by atoms with Crippen molar-refractivity contribution in [3.63, 3.8) is 0 Å². The molecule has 0 saturated heterocycles. The van der Waals surface area contributed by atoms with Crippen LogP contribution in [0.1, 0.15) is 24.5 Å². The monoisotopic (exact) mass is 229 g/mol. The van der Waals surface area contributed by atoms with Crippen molar-refractivity contribution in [2.45, 2.75) is 26.8 Å². The standard InChI is InChI=1S/C14H19N3/c1-3-6-15-10-13-9-12(2)4-5-14(13)17-8-7-16-11-17/h4-5,7-9,11,15H,3,6,10H2,1-2H3. The maximum atomic E-state index is 4.10. The van der Waals surface area contributed by atoms with Gasteiger partial charge in [0.25, 0.3) is 0 Å². The van der Waals surface area contributed by atoms with E-state index in [4.69, 9.17) is 0 Å². The molecule has 17 heavy (non-hydrogen) atoms. The summed E-state index contributed by atoms with van der Waals surface area (Å²) in [4.78, 5) is 4.10. The van der Waals surface area contributed by atoms with Gasteiger partial charge >= 0.3 is 0 Å². The first-order valence-electron chi connectivity index (χ1n) is 6.10. The van der Waals surface area contributed by atoms with Crippen LogP contribution < -0.4 is 5.32 Å². The second-order valence-electron chi connectivity index (χ2n) is 4.28. The SMILES string of the molecule is CCCNCc1cc(C)ccc1-n1ccnc1. The van der Waals surface area contributed by atoms with Gasteiger partial charge in [-0.1, -0.05) is 24.6 Å². The fraction of sp³-hybridized carbons (Fsp3) is 0.357. The second-order valence-corrected chi connectivity index (χ2v) is 4.28. The maximum absolute atomic E-state index is 4.10. The van der Waals surface area contributed by atoms with Crippen LogP contribution in [0.15, 0.2) is 36.9 Å². The van der Waals surface area contributed by atoms with E-state index < -0.39 is 0 Å². The lowest BCUT2D eigenvalue weighted by Gasteiger charge is -2.12. The highest BCUT2D eigenvalue weighted by Crippen LogP contribution is 2.16. The van der Waals surface area contributed by atoms with Crippen LogP contribution in [0.25, 0.3) is 5.69 Å². The lowest BCUT2D eigenvalue weighted by atomic mass is 10.1. The molecular formula is C14H19N3. The van der Waals surface area contributed by atoms with Crippen LogP contribution in [0.5, 0.6) is 0 Å². The molecule has 0 aliphatic carbocycles. The summed E-state index contributed by atoms with van der Waals surface area (Å²) in [6.45, 7) is 6.27. The van der Waals surface area contributed by atoms with Gasteiger partial charge < -0.3 is 9.88 Å². The second kappa shape index (κ2) is 5.64. The topological polar surface area (TPSA) is 29.9 Å². The van der Waals surface area contributed by atoms with Crippen LogP contribution in [0.3, 0.4) is 0 Å². The predicted molar refractivity (Wildman–Crippen MR) is 70.3 cm³/mol. The lowest BCUT2D eigenvalue weighted by molar-refractivity contribution is 0.672. The van der Waals surface area contributed by atoms with Crippen molar-refractivity contribution < 1.29 is 0 Å². The Hall–Kier alpha value is -1.61. The van der Waals surface area contributed by atoms with E-state index in [2.05, 4.69) is 46.9 Å². The van der Waals surface area contributed by atoms with Crippen molar-refractivity contribution in [3.05, 3.63) is 48.0 Å². The normalized spacial score (nSPS) is 10.7. The number of benzene rings is 1. The fourth-order valence-corrected chi connectivity index (χ4v) is 1.91. The molecule has 0 aliphatic heterocycles. The Bertz CT molecular complexity index is 460. The molecule has 3 heteroatoms. The molecule has 0 saturated carbocycles. The molecule has 0 aliphatic rings. The molecule has 0 atom stereocenters. The zero-order chi connectivity index (χ0) is 12.1. The van der Waals surface area contributed by atoms with Gasteiger partial charge in [-0.15, -0.1) is 0 Å². The van der Waals surface area contributed by atoms with Gasteiger partial charge in [-0.2, -0.15) is 0 Å². The molecule has 1 heterocycles. The first kappa shape index (κ1) is 11.9. The van der Waals surface area contributed by atoms with Gasteiger partial charge in [0.1, 0.15) is 0 Å². The maximum Gasteiger partial charge on any atom is 0.0991 e. The molecule has 2 aromatic rings. The molecule has 1 N–H and O–H groups in total. The number of imidazole rings is 1. The van der Waals surface area contributed by atoms with E-state index in [1.807, 2.05) is 18.7 Å². The van der Waals surface area contributed by atoms with Gasteiger partial charge in [0.15, 0.2) is 0 Å². The van der Waals surface area contributed by atoms with Crippen molar-refractivity contribution in [1.29, 1.82) is 0 Å². The summed E-state index contributed by atoms with van der Waals surface area (Å²) in [5, 5.41) is 3.45. The average Bonchev–Trinajstić information content (AvgIpc) is 2.83. The number of aromatic nitrogens is 2. The van der Waals surface area contributed by atoms with Gasteiger partial charge in [-0.3, -0.25) is 0 Å². The van der Waals surface area contributed by atoms with Crippen LogP contribution in [0.2, 0.25) is 0 Å². The smallest absolute Gasteiger partial charge is 0.0991 e. The molecule has 3 nitrogen and oxygen atoms in total. The molecule has 0 spiro atoms. The fourth-order valence-electron chi connectivity index (χ4n) is 1.91. The van der Waals surface area contributed by atoms with Crippen molar-refractivity contribution in [2.24, 2.45) is 0 Å². The Morgan fingerprint density at radius 2 is 2.24 bits per heavy atom. The number of hydrogen-bond donors (Lipinski definition) is 1. The molecule has 1 aromatic carbocycles. The van der Waals surface area contributed by atoms with Gasteiger partial charge in [0.05, 0.1) is 12.0 Å². The van der Waals surface area contributed by atoms with Crippen molar-refractivity contribution >= 4 is 0 Å². The number of nitrogens with zero attached hydrogens (tertiary/aromatic N) is 2. The Morgan fingerprint density at radius 3 is 2.94 bits per heavy atom. The quantitative estimate of drug-likeness (QED) is 0.799. The summed E-state index contributed by atoms with van der Waals surface area (Å²) in [7, 11) is 0. The molecule has 0 radical (unpaired) electrons. The first-order chi connectivity index (χ1) is 8.31. The van der Waals surface area contributed by atoms with Crippen molar-refractivity contribution in [1.82, 2.24) is 14.9 Å². The third kappa shape index (κ3) is 2.94. The zero-order valence-electron chi connectivity index (χ0n) is 10.5. The summed E-state index contributed by atoms with van der Waals surface area (Å²) >= 11 is 0.